The zero-order valence-electron chi connectivity index (χ0n) is 27.4. The van der Waals surface area contributed by atoms with E-state index in [-0.39, 0.29) is 29.4 Å². The first kappa shape index (κ1) is 31.9. The molecule has 8 rings (SSSR count). The van der Waals surface area contributed by atoms with E-state index in [0.717, 1.165) is 32.4 Å². The molecule has 1 aliphatic carbocycles. The number of hydrogen-bond donors (Lipinski definition) is 1. The Morgan fingerprint density at radius 1 is 1.02 bits per heavy atom. The minimum atomic E-state index is -4.65. The number of hydrogen-bond acceptors (Lipinski definition) is 8. The summed E-state index contributed by atoms with van der Waals surface area (Å²) in [5.74, 6) is 0.551. The van der Waals surface area contributed by atoms with Gasteiger partial charge in [0.05, 0.1) is 23.7 Å². The van der Waals surface area contributed by atoms with Gasteiger partial charge < -0.3 is 14.8 Å². The van der Waals surface area contributed by atoms with E-state index in [9.17, 15) is 28.0 Å². The van der Waals surface area contributed by atoms with Gasteiger partial charge in [0.25, 0.3) is 5.91 Å². The van der Waals surface area contributed by atoms with E-state index in [1.165, 1.54) is 11.0 Å². The molecule has 5 heterocycles. The van der Waals surface area contributed by atoms with Crippen molar-refractivity contribution in [3.05, 3.63) is 76.6 Å². The van der Waals surface area contributed by atoms with Gasteiger partial charge in [0.1, 0.15) is 18.0 Å². The maximum absolute atomic E-state index is 14.6. The van der Waals surface area contributed by atoms with E-state index >= 15 is 0 Å². The predicted octanol–water partition coefficient (Wildman–Crippen LogP) is 5.23. The Balaban J connectivity index is 1.18. The Morgan fingerprint density at radius 2 is 1.86 bits per heavy atom. The largest absolute Gasteiger partial charge is 0.416 e. The Hall–Kier alpha value is -5.29. The molecule has 14 heteroatoms. The van der Waals surface area contributed by atoms with Crippen LogP contribution >= 0.6 is 0 Å². The smallest absolute Gasteiger partial charge is 0.368 e. The number of likely N-dealkylation sites (tertiary alicyclic amines) is 2. The first-order valence-corrected chi connectivity index (χ1v) is 16.7. The summed E-state index contributed by atoms with van der Waals surface area (Å²) in [6.07, 6.45) is 0.789. The summed E-state index contributed by atoms with van der Waals surface area (Å²) < 4.78 is 45.5. The number of alkyl halides is 3. The van der Waals surface area contributed by atoms with Crippen LogP contribution in [-0.2, 0) is 31.1 Å². The zero-order chi connectivity index (χ0) is 34.8. The molecule has 256 valence electrons. The average Bonchev–Trinajstić information content (AvgIpc) is 3.35. The highest BCUT2D eigenvalue weighted by molar-refractivity contribution is 6.10. The highest BCUT2D eigenvalue weighted by Crippen LogP contribution is 2.53. The zero-order valence-corrected chi connectivity index (χ0v) is 27.4. The lowest BCUT2D eigenvalue weighted by molar-refractivity contribution is -0.139. The molecule has 2 aromatic carbocycles. The molecule has 2 aromatic heterocycles. The van der Waals surface area contributed by atoms with E-state index in [1.807, 2.05) is 0 Å². The minimum absolute atomic E-state index is 0.0272. The summed E-state index contributed by atoms with van der Waals surface area (Å²) in [5, 5.41) is 21.3. The van der Waals surface area contributed by atoms with E-state index < -0.39 is 17.6 Å². The lowest BCUT2D eigenvalue weighted by Crippen LogP contribution is -2.45. The molecule has 2 saturated heterocycles. The summed E-state index contributed by atoms with van der Waals surface area (Å²) in [6, 6.07) is 13.5. The quantitative estimate of drug-likeness (QED) is 0.239. The van der Waals surface area contributed by atoms with Gasteiger partial charge in [-0.1, -0.05) is 0 Å². The number of anilines is 2. The summed E-state index contributed by atoms with van der Waals surface area (Å²) >= 11 is 0. The third kappa shape index (κ3) is 5.85. The first-order chi connectivity index (χ1) is 24.0. The van der Waals surface area contributed by atoms with Crippen LogP contribution in [0.3, 0.4) is 0 Å². The molecule has 4 aliphatic rings. The second-order valence-corrected chi connectivity index (χ2v) is 13.8. The van der Waals surface area contributed by atoms with Crippen molar-refractivity contribution in [1.29, 1.82) is 5.26 Å². The molecule has 1 N–H and O–H groups in total. The van der Waals surface area contributed by atoms with Crippen LogP contribution in [0.25, 0.3) is 22.5 Å². The van der Waals surface area contributed by atoms with Crippen LogP contribution in [-0.4, -0.2) is 74.1 Å². The first-order valence-electron chi connectivity index (χ1n) is 16.7. The number of carbonyl (C=O) groups excluding carboxylic acids is 2. The van der Waals surface area contributed by atoms with Crippen molar-refractivity contribution in [2.24, 2.45) is 12.5 Å². The SMILES string of the molecule is Cn1cnnc1-c1ccc(C#N)cc1-c1cc(NCCN2CCC2=O)nc(N2Cc3c(cc(CN4CCC5(CC5)C4)cc3C(F)(F)F)C2=O)c1. The summed E-state index contributed by atoms with van der Waals surface area (Å²) in [5.41, 5.74) is 2.15. The van der Waals surface area contributed by atoms with Crippen molar-refractivity contribution in [2.45, 2.75) is 44.9 Å². The lowest BCUT2D eigenvalue weighted by atomic mass is 9.97. The summed E-state index contributed by atoms with van der Waals surface area (Å²) in [6.45, 7) is 3.23. The number of amides is 2. The Bertz CT molecular complexity index is 2080. The fourth-order valence-electron chi connectivity index (χ4n) is 7.39. The number of carbonyl (C=O) groups is 2. The van der Waals surface area contributed by atoms with Crippen molar-refractivity contribution in [3.63, 3.8) is 0 Å². The highest BCUT2D eigenvalue weighted by atomic mass is 19.4. The van der Waals surface area contributed by atoms with Gasteiger partial charge >= 0.3 is 6.18 Å². The number of rotatable bonds is 9. The fourth-order valence-corrected chi connectivity index (χ4v) is 7.39. The van der Waals surface area contributed by atoms with Crippen molar-refractivity contribution >= 4 is 23.5 Å². The van der Waals surface area contributed by atoms with Crippen molar-refractivity contribution in [3.8, 4) is 28.6 Å². The third-order valence-corrected chi connectivity index (χ3v) is 10.4. The van der Waals surface area contributed by atoms with Gasteiger partial charge in [0.15, 0.2) is 5.82 Å². The Morgan fingerprint density at radius 3 is 2.52 bits per heavy atom. The van der Waals surface area contributed by atoms with Gasteiger partial charge in [-0.2, -0.15) is 18.4 Å². The van der Waals surface area contributed by atoms with Gasteiger partial charge in [-0.15, -0.1) is 10.2 Å². The molecular formula is C36H34F3N9O2. The van der Waals surface area contributed by atoms with Crippen LogP contribution in [0.4, 0.5) is 24.8 Å². The molecule has 0 radical (unpaired) electrons. The Kier molecular flexibility index (Phi) is 7.63. The number of halogens is 3. The summed E-state index contributed by atoms with van der Waals surface area (Å²) in [7, 11) is 1.79. The predicted molar refractivity (Wildman–Crippen MR) is 178 cm³/mol. The second-order valence-electron chi connectivity index (χ2n) is 13.8. The van der Waals surface area contributed by atoms with Gasteiger partial charge in [0, 0.05) is 57.3 Å². The van der Waals surface area contributed by atoms with E-state index in [4.69, 9.17) is 4.98 Å². The normalized spacial score (nSPS) is 18.1. The number of aryl methyl sites for hydroxylation is 1. The number of pyridine rings is 1. The topological polar surface area (TPSA) is 123 Å². The van der Waals surface area contributed by atoms with Crippen LogP contribution in [0, 0.1) is 16.7 Å². The van der Waals surface area contributed by atoms with Crippen molar-refractivity contribution < 1.29 is 22.8 Å². The lowest BCUT2D eigenvalue weighted by Gasteiger charge is -2.30. The van der Waals surface area contributed by atoms with Gasteiger partial charge in [-0.05, 0) is 95.9 Å². The number of nitrogens with zero attached hydrogens (tertiary/aromatic N) is 8. The number of benzene rings is 2. The van der Waals surface area contributed by atoms with Crippen molar-refractivity contribution in [2.75, 3.05) is 42.9 Å². The molecular weight excluding hydrogens is 647 g/mol. The molecule has 0 bridgehead atoms. The molecule has 1 saturated carbocycles. The molecule has 3 fully saturated rings. The third-order valence-electron chi connectivity index (χ3n) is 10.4. The van der Waals surface area contributed by atoms with E-state index in [1.54, 1.807) is 59.2 Å². The molecule has 0 atom stereocenters. The molecule has 50 heavy (non-hydrogen) atoms. The van der Waals surface area contributed by atoms with E-state index in [2.05, 4.69) is 26.5 Å². The maximum Gasteiger partial charge on any atom is 0.416 e. The number of nitriles is 1. The standard InChI is InChI=1S/C36H34F3N9O2/c1-45-21-42-44-33(45)25-3-2-22(17-40)12-26(25)24-15-30(41-8-11-47-9-4-32(47)49)43-31(16-24)48-19-28-27(34(48)50)13-23(14-29(28)36(37,38)39)18-46-10-7-35(20-46)5-6-35/h2-3,12-16,21H,4-11,18-20H2,1H3,(H,41,43). The van der Waals surface area contributed by atoms with Crippen LogP contribution in [0.1, 0.15) is 58.3 Å². The molecule has 1 spiro atoms. The maximum atomic E-state index is 14.6. The fraction of sp³-hybridized carbons (Fsp3) is 0.389. The Labute approximate surface area is 286 Å². The molecule has 11 nitrogen and oxygen atoms in total. The number of aromatic nitrogens is 4. The average molecular weight is 682 g/mol. The number of fused-ring (bicyclic) bond motifs is 1. The van der Waals surface area contributed by atoms with Crippen molar-refractivity contribution in [1.82, 2.24) is 29.5 Å². The monoisotopic (exact) mass is 681 g/mol. The molecule has 0 unspecified atom stereocenters. The van der Waals surface area contributed by atoms with Crippen LogP contribution in [0.15, 0.2) is 48.8 Å². The minimum Gasteiger partial charge on any atom is -0.368 e. The second kappa shape index (κ2) is 11.9. The molecule has 2 amide bonds. The van der Waals surface area contributed by atoms with Gasteiger partial charge in [-0.25, -0.2) is 4.98 Å². The molecule has 3 aliphatic heterocycles. The van der Waals surface area contributed by atoms with E-state index in [0.29, 0.717) is 77.5 Å². The summed E-state index contributed by atoms with van der Waals surface area (Å²) in [4.78, 5) is 35.9. The van der Waals surface area contributed by atoms with Gasteiger partial charge in [-0.3, -0.25) is 19.4 Å². The number of nitrogens with one attached hydrogen (secondary N) is 1. The van der Waals surface area contributed by atoms with Crippen LogP contribution < -0.4 is 10.2 Å². The van der Waals surface area contributed by atoms with Crippen LogP contribution in [0.2, 0.25) is 0 Å². The number of β-lactam (4-membered cyclic amide) rings is 1. The van der Waals surface area contributed by atoms with Crippen LogP contribution in [0.5, 0.6) is 0 Å². The molecule has 4 aromatic rings. The highest BCUT2D eigenvalue weighted by Gasteiger charge is 2.48. The van der Waals surface area contributed by atoms with Gasteiger partial charge in [0.2, 0.25) is 5.91 Å².